The first-order valence-electron chi connectivity index (χ1n) is 24.6. The quantitative estimate of drug-likeness (QED) is 0.0115. The highest BCUT2D eigenvalue weighted by Crippen LogP contribution is 2.29. The fourth-order valence-electron chi connectivity index (χ4n) is 7.98. The number of carbonyl (C=O) groups is 2. The highest BCUT2D eigenvalue weighted by Gasteiger charge is 2.20. The van der Waals surface area contributed by atoms with E-state index in [1.165, 1.54) is 41.3 Å². The summed E-state index contributed by atoms with van der Waals surface area (Å²) in [7, 11) is -4.92. The van der Waals surface area contributed by atoms with E-state index in [9.17, 15) is 46.6 Å². The van der Waals surface area contributed by atoms with Crippen LogP contribution in [0, 0.1) is 0 Å². The summed E-state index contributed by atoms with van der Waals surface area (Å²) in [6.45, 7) is 1.93. The van der Waals surface area contributed by atoms with Crippen molar-refractivity contribution in [2.75, 3.05) is 77.1 Å². The van der Waals surface area contributed by atoms with E-state index in [4.69, 9.17) is 0 Å². The fraction of sp³-hybridized carbons (Fsp3) is 0.164. The van der Waals surface area contributed by atoms with E-state index in [1.807, 2.05) is 19.1 Å². The van der Waals surface area contributed by atoms with Crippen molar-refractivity contribution in [3.63, 3.8) is 0 Å². The van der Waals surface area contributed by atoms with Gasteiger partial charge >= 0.3 is 0 Å². The highest BCUT2D eigenvalue weighted by molar-refractivity contribution is 7.86. The molecule has 406 valence electrons. The molecule has 1 unspecified atom stereocenters. The van der Waals surface area contributed by atoms with Gasteiger partial charge in [-0.05, 0) is 101 Å². The molecule has 0 spiro atoms. The molecule has 79 heavy (non-hydrogen) atoms. The van der Waals surface area contributed by atoms with Crippen LogP contribution in [-0.2, 0) is 21.2 Å². The van der Waals surface area contributed by atoms with Crippen molar-refractivity contribution in [1.82, 2.24) is 29.9 Å². The molecule has 8 aromatic rings. The van der Waals surface area contributed by atoms with Crippen LogP contribution in [0.2, 0.25) is 0 Å². The Morgan fingerprint density at radius 2 is 0.886 bits per heavy atom. The lowest BCUT2D eigenvalue weighted by atomic mass is 10.0. The molecule has 0 bridgehead atoms. The van der Waals surface area contributed by atoms with Gasteiger partial charge in [0.25, 0.3) is 10.1 Å². The minimum Gasteiger partial charge on any atom is -0.768 e. The highest BCUT2D eigenvalue weighted by atomic mass is 32.2. The summed E-state index contributed by atoms with van der Waals surface area (Å²) in [6, 6.07) is 39.3. The monoisotopic (exact) mass is 1110 g/mol. The van der Waals surface area contributed by atoms with Crippen LogP contribution in [0.15, 0.2) is 155 Å². The molecule has 0 aliphatic carbocycles. The predicted molar refractivity (Wildman–Crippen MR) is 300 cm³/mol. The van der Waals surface area contributed by atoms with E-state index in [1.54, 1.807) is 108 Å². The Balaban J connectivity index is 1.04. The number of aliphatic hydroxyl groups excluding tert-OH is 3. The molecule has 0 saturated heterocycles. The molecule has 0 aliphatic heterocycles. The molecule has 6 aromatic carbocycles. The Labute approximate surface area is 457 Å². The number of aromatic nitrogens is 6. The van der Waals surface area contributed by atoms with Crippen LogP contribution in [0.3, 0.4) is 0 Å². The second kappa shape index (κ2) is 26.4. The van der Waals surface area contributed by atoms with Gasteiger partial charge in [-0.3, -0.25) is 18.4 Å². The molecule has 0 aliphatic rings. The second-order valence-corrected chi connectivity index (χ2v) is 19.6. The molecule has 1 atom stereocenters. The largest absolute Gasteiger partial charge is 0.768 e. The van der Waals surface area contributed by atoms with Gasteiger partial charge in [0.1, 0.15) is 4.90 Å². The molecular weight excluding hydrogens is 1050 g/mol. The molecule has 0 saturated carbocycles. The normalized spacial score (nSPS) is 11.7. The molecule has 24 heteroatoms. The van der Waals surface area contributed by atoms with Crippen LogP contribution >= 0.6 is 0 Å². The number of rotatable bonds is 26. The summed E-state index contributed by atoms with van der Waals surface area (Å²) in [4.78, 5) is 55.7. The minimum absolute atomic E-state index is 0.00588. The van der Waals surface area contributed by atoms with Crippen molar-refractivity contribution in [3.05, 3.63) is 179 Å². The topological polar surface area (TPSA) is 321 Å². The summed E-state index contributed by atoms with van der Waals surface area (Å²) in [5.74, 6) is -0.0269. The van der Waals surface area contributed by atoms with Crippen molar-refractivity contribution in [2.24, 2.45) is 0 Å². The van der Waals surface area contributed by atoms with E-state index in [-0.39, 0.29) is 114 Å². The standard InChI is InChI=1S/C55H54N12O10S2/c1-2-27-66(28-31-68)54-62-50(56-42-21-17-40(18-22-42)48(71)38-9-5-3-6-10-38)60-52(64-54)58-44-25-15-36(46(34-44)78(73)74)13-14-37-16-26-45(35-47(37)79(75,76)77)59-53-61-51(63-55(65-53)67(29-32-69)30-33-70)57-43-23-19-41(20-24-43)49(72)39-11-7-4-8-12-39/h3-26,34-35,68-70H,2,27-33H2,1H3,(H,73,74)(H,75,76,77)(H2,56,58,60,62,64)(H2,57,59,61,63,65)/p-1/b14-13+. The molecular formula is C55H53N12O10S2-. The summed E-state index contributed by atoms with van der Waals surface area (Å²) in [5, 5.41) is 41.6. The van der Waals surface area contributed by atoms with Gasteiger partial charge in [-0.1, -0.05) is 91.9 Å². The van der Waals surface area contributed by atoms with Crippen LogP contribution < -0.4 is 31.1 Å². The van der Waals surface area contributed by atoms with Crippen LogP contribution in [0.5, 0.6) is 0 Å². The number of nitrogens with one attached hydrogen (secondary N) is 4. The molecule has 2 heterocycles. The van der Waals surface area contributed by atoms with Gasteiger partial charge in [-0.25, -0.2) is 0 Å². The molecule has 2 aromatic heterocycles. The van der Waals surface area contributed by atoms with E-state index < -0.39 is 26.1 Å². The average molecular weight is 1110 g/mol. The van der Waals surface area contributed by atoms with Crippen molar-refractivity contribution in [2.45, 2.75) is 23.1 Å². The Hall–Kier alpha value is -8.88. The third-order valence-corrected chi connectivity index (χ3v) is 13.4. The summed E-state index contributed by atoms with van der Waals surface area (Å²) < 4.78 is 61.8. The van der Waals surface area contributed by atoms with Gasteiger partial charge < -0.3 is 50.9 Å². The van der Waals surface area contributed by atoms with E-state index in [2.05, 4.69) is 51.2 Å². The fourth-order valence-corrected chi connectivity index (χ4v) is 9.24. The number of ketones is 2. The number of benzene rings is 6. The zero-order valence-corrected chi connectivity index (χ0v) is 43.9. The predicted octanol–water partition coefficient (Wildman–Crippen LogP) is 7.15. The number of carbonyl (C=O) groups excluding carboxylic acids is 2. The zero-order valence-electron chi connectivity index (χ0n) is 42.3. The van der Waals surface area contributed by atoms with Gasteiger partial charge in [-0.2, -0.15) is 38.3 Å². The smallest absolute Gasteiger partial charge is 0.295 e. The number of hydrogen-bond acceptors (Lipinski definition) is 21. The van der Waals surface area contributed by atoms with Crippen molar-refractivity contribution < 1.29 is 46.6 Å². The molecule has 8 rings (SSSR count). The SMILES string of the molecule is CCCN(CCO)c1nc(Nc2ccc(C(=O)c3ccccc3)cc2)nc(Nc2ccc(/C=C/c3ccc(Nc4nc(Nc5ccc(C(=O)c6ccccc6)cc5)nc(N(CCO)CCO)n4)cc3S(=O)(=O)O)c(S(=O)[O-])c2)n1. The van der Waals surface area contributed by atoms with E-state index in [0.717, 1.165) is 6.07 Å². The molecule has 8 N–H and O–H groups in total. The molecule has 22 nitrogen and oxygen atoms in total. The first-order chi connectivity index (χ1) is 38.2. The Bertz CT molecular complexity index is 3570. The molecule has 0 fully saturated rings. The number of nitrogens with zero attached hydrogens (tertiary/aromatic N) is 8. The molecule has 0 amide bonds. The van der Waals surface area contributed by atoms with Gasteiger partial charge in [0.2, 0.25) is 35.7 Å². The maximum atomic E-state index is 13.0. The van der Waals surface area contributed by atoms with Crippen LogP contribution in [0.1, 0.15) is 56.3 Å². The maximum Gasteiger partial charge on any atom is 0.295 e. The first-order valence-corrected chi connectivity index (χ1v) is 27.1. The number of aliphatic hydroxyl groups is 3. The Morgan fingerprint density at radius 3 is 1.29 bits per heavy atom. The van der Waals surface area contributed by atoms with E-state index in [0.29, 0.717) is 46.6 Å². The third kappa shape index (κ3) is 15.0. The minimum atomic E-state index is -4.92. The Kier molecular flexibility index (Phi) is 18.9. The van der Waals surface area contributed by atoms with Crippen LogP contribution in [-0.4, -0.2) is 125 Å². The lowest BCUT2D eigenvalue weighted by Crippen LogP contribution is -2.31. The van der Waals surface area contributed by atoms with Gasteiger partial charge in [0.15, 0.2) is 11.6 Å². The van der Waals surface area contributed by atoms with Crippen LogP contribution in [0.4, 0.5) is 58.4 Å². The van der Waals surface area contributed by atoms with Crippen molar-refractivity contribution in [1.29, 1.82) is 0 Å². The zero-order chi connectivity index (χ0) is 55.9. The van der Waals surface area contributed by atoms with E-state index >= 15 is 0 Å². The lowest BCUT2D eigenvalue weighted by molar-refractivity contribution is 0.103. The maximum absolute atomic E-state index is 13.0. The summed E-state index contributed by atoms with van der Waals surface area (Å²) in [6.07, 6.45) is 3.38. The first kappa shape index (κ1) is 56.3. The molecule has 0 radical (unpaired) electrons. The number of hydrogen-bond donors (Lipinski definition) is 8. The summed E-state index contributed by atoms with van der Waals surface area (Å²) in [5.41, 5.74) is 3.52. The average Bonchev–Trinajstić information content (AvgIpc) is 3.45. The van der Waals surface area contributed by atoms with Gasteiger partial charge in [0, 0.05) is 76.1 Å². The van der Waals surface area contributed by atoms with Gasteiger partial charge in [-0.15, -0.1) is 0 Å². The summed E-state index contributed by atoms with van der Waals surface area (Å²) >= 11 is -2.83. The van der Waals surface area contributed by atoms with Crippen LogP contribution in [0.25, 0.3) is 12.2 Å². The Morgan fingerprint density at radius 1 is 0.519 bits per heavy atom. The number of anilines is 10. The lowest BCUT2D eigenvalue weighted by Gasteiger charge is -2.22. The van der Waals surface area contributed by atoms with Crippen molar-refractivity contribution >= 4 is 103 Å². The van der Waals surface area contributed by atoms with Gasteiger partial charge in [0.05, 0.1) is 19.8 Å². The second-order valence-electron chi connectivity index (χ2n) is 17.3. The van der Waals surface area contributed by atoms with Crippen molar-refractivity contribution in [3.8, 4) is 0 Å². The third-order valence-electron chi connectivity index (χ3n) is 11.7.